The van der Waals surface area contributed by atoms with Crippen molar-refractivity contribution in [2.45, 2.75) is 20.0 Å². The van der Waals surface area contributed by atoms with Crippen LogP contribution in [0.5, 0.6) is 11.5 Å². The van der Waals surface area contributed by atoms with Gasteiger partial charge in [-0.1, -0.05) is 0 Å². The lowest BCUT2D eigenvalue weighted by atomic mass is 10.2. The molecule has 0 atom stereocenters. The third-order valence-corrected chi connectivity index (χ3v) is 1.86. The Morgan fingerprint density at radius 3 is 2.28 bits per heavy atom. The van der Waals surface area contributed by atoms with Gasteiger partial charge in [0, 0.05) is 6.07 Å². The second-order valence-electron chi connectivity index (χ2n) is 3.85. The summed E-state index contributed by atoms with van der Waals surface area (Å²) in [5.41, 5.74) is -0.0199. The van der Waals surface area contributed by atoms with Gasteiger partial charge < -0.3 is 19.7 Å². The van der Waals surface area contributed by atoms with E-state index in [1.165, 1.54) is 18.2 Å². The van der Waals surface area contributed by atoms with Crippen LogP contribution in [0.25, 0.3) is 0 Å². The number of hydrogen-bond acceptors (Lipinski definition) is 4. The zero-order chi connectivity index (χ0) is 13.7. The molecular formula is C12H14O6. The second kappa shape index (κ2) is 5.90. The van der Waals surface area contributed by atoms with Crippen molar-refractivity contribution in [2.75, 3.05) is 6.61 Å². The van der Waals surface area contributed by atoms with E-state index in [0.717, 1.165) is 0 Å². The molecule has 0 aliphatic heterocycles. The fraction of sp³-hybridized carbons (Fsp3) is 0.333. The maximum Gasteiger partial charge on any atom is 0.341 e. The Bertz CT molecular complexity index is 452. The molecule has 0 aliphatic rings. The molecule has 0 saturated heterocycles. The van der Waals surface area contributed by atoms with Crippen LogP contribution in [0.3, 0.4) is 0 Å². The molecule has 18 heavy (non-hydrogen) atoms. The van der Waals surface area contributed by atoms with E-state index in [2.05, 4.69) is 0 Å². The summed E-state index contributed by atoms with van der Waals surface area (Å²) in [5.74, 6) is -1.80. The molecule has 6 nitrogen and oxygen atoms in total. The lowest BCUT2D eigenvalue weighted by molar-refractivity contribution is -0.139. The number of carboxylic acid groups (broad SMARTS) is 2. The fourth-order valence-corrected chi connectivity index (χ4v) is 1.26. The quantitative estimate of drug-likeness (QED) is 0.801. The number of carbonyl (C=O) groups is 2. The number of hydrogen-bond donors (Lipinski definition) is 2. The summed E-state index contributed by atoms with van der Waals surface area (Å²) < 4.78 is 10.3. The molecule has 0 aromatic heterocycles. The predicted octanol–water partition coefficient (Wildman–Crippen LogP) is 1.64. The van der Waals surface area contributed by atoms with Crippen LogP contribution >= 0.6 is 0 Å². The van der Waals surface area contributed by atoms with Crippen molar-refractivity contribution in [2.24, 2.45) is 0 Å². The first-order valence-electron chi connectivity index (χ1n) is 5.28. The summed E-state index contributed by atoms with van der Waals surface area (Å²) in [7, 11) is 0. The van der Waals surface area contributed by atoms with Crippen molar-refractivity contribution in [3.63, 3.8) is 0 Å². The van der Waals surface area contributed by atoms with E-state index < -0.39 is 18.5 Å². The Kier molecular flexibility index (Phi) is 4.53. The smallest absolute Gasteiger partial charge is 0.341 e. The van der Waals surface area contributed by atoms with E-state index in [9.17, 15) is 9.59 Å². The standard InChI is InChI=1S/C12H14O6/c1-7(2)18-10-4-8(12(15)16)3-9(5-10)17-6-11(13)14/h3-5,7H,6H2,1-2H3,(H,13,14)(H,15,16). The van der Waals surface area contributed by atoms with Crippen LogP contribution in [0.4, 0.5) is 0 Å². The highest BCUT2D eigenvalue weighted by molar-refractivity contribution is 5.88. The SMILES string of the molecule is CC(C)Oc1cc(OCC(=O)O)cc(C(=O)O)c1. The van der Waals surface area contributed by atoms with Gasteiger partial charge >= 0.3 is 11.9 Å². The zero-order valence-corrected chi connectivity index (χ0v) is 10.0. The van der Waals surface area contributed by atoms with Crippen LogP contribution in [0.15, 0.2) is 18.2 Å². The normalized spacial score (nSPS) is 10.2. The summed E-state index contributed by atoms with van der Waals surface area (Å²) in [6.07, 6.45) is -0.124. The molecule has 2 N–H and O–H groups in total. The molecule has 98 valence electrons. The third kappa shape index (κ3) is 4.32. The molecule has 0 unspecified atom stereocenters. The number of ether oxygens (including phenoxy) is 2. The number of aromatic carboxylic acids is 1. The minimum absolute atomic E-state index is 0.0199. The predicted molar refractivity (Wildman–Crippen MR) is 62.3 cm³/mol. The van der Waals surface area contributed by atoms with E-state index in [1.54, 1.807) is 13.8 Å². The molecule has 6 heteroatoms. The summed E-state index contributed by atoms with van der Waals surface area (Å²) in [6, 6.07) is 4.06. The number of benzene rings is 1. The molecule has 0 aliphatic carbocycles. The molecule has 1 aromatic rings. The van der Waals surface area contributed by atoms with Crippen LogP contribution in [0.1, 0.15) is 24.2 Å². The number of rotatable bonds is 6. The van der Waals surface area contributed by atoms with Gasteiger partial charge in [0.15, 0.2) is 6.61 Å². The van der Waals surface area contributed by atoms with Crippen molar-refractivity contribution >= 4 is 11.9 Å². The van der Waals surface area contributed by atoms with Gasteiger partial charge in [0.05, 0.1) is 11.7 Å². The monoisotopic (exact) mass is 254 g/mol. The van der Waals surface area contributed by atoms with Gasteiger partial charge in [0.2, 0.25) is 0 Å². The molecule has 0 spiro atoms. The van der Waals surface area contributed by atoms with E-state index in [0.29, 0.717) is 5.75 Å². The van der Waals surface area contributed by atoms with Crippen molar-refractivity contribution in [1.29, 1.82) is 0 Å². The number of carboxylic acids is 2. The summed E-state index contributed by atoms with van der Waals surface area (Å²) in [5, 5.41) is 17.4. The van der Waals surface area contributed by atoms with E-state index >= 15 is 0 Å². The highest BCUT2D eigenvalue weighted by Crippen LogP contribution is 2.24. The van der Waals surface area contributed by atoms with Crippen LogP contribution < -0.4 is 9.47 Å². The average molecular weight is 254 g/mol. The van der Waals surface area contributed by atoms with Gasteiger partial charge in [-0.05, 0) is 26.0 Å². The molecule has 0 heterocycles. The Morgan fingerprint density at radius 1 is 1.17 bits per heavy atom. The Hall–Kier alpha value is -2.24. The van der Waals surface area contributed by atoms with Gasteiger partial charge in [-0.15, -0.1) is 0 Å². The first-order chi connectivity index (χ1) is 8.38. The molecule has 1 rings (SSSR count). The van der Waals surface area contributed by atoms with E-state index in [-0.39, 0.29) is 17.4 Å². The Labute approximate surface area is 104 Å². The van der Waals surface area contributed by atoms with Gasteiger partial charge in [-0.25, -0.2) is 9.59 Å². The molecule has 0 saturated carbocycles. The molecule has 0 fully saturated rings. The largest absolute Gasteiger partial charge is 0.491 e. The Morgan fingerprint density at radius 2 is 1.78 bits per heavy atom. The first kappa shape index (κ1) is 13.8. The van der Waals surface area contributed by atoms with Crippen LogP contribution in [0.2, 0.25) is 0 Å². The molecule has 0 amide bonds. The summed E-state index contributed by atoms with van der Waals surface area (Å²) in [6.45, 7) is 3.06. The van der Waals surface area contributed by atoms with Gasteiger partial charge in [0.1, 0.15) is 11.5 Å². The molecule has 0 bridgehead atoms. The highest BCUT2D eigenvalue weighted by atomic mass is 16.5. The minimum atomic E-state index is -1.14. The lowest BCUT2D eigenvalue weighted by Crippen LogP contribution is -2.11. The van der Waals surface area contributed by atoms with Crippen molar-refractivity contribution in [3.8, 4) is 11.5 Å². The summed E-state index contributed by atoms with van der Waals surface area (Å²) in [4.78, 5) is 21.3. The van der Waals surface area contributed by atoms with Crippen molar-refractivity contribution in [1.82, 2.24) is 0 Å². The van der Waals surface area contributed by atoms with Crippen molar-refractivity contribution < 1.29 is 29.3 Å². The number of aliphatic carboxylic acids is 1. The fourth-order valence-electron chi connectivity index (χ4n) is 1.26. The van der Waals surface area contributed by atoms with Crippen LogP contribution in [-0.2, 0) is 4.79 Å². The van der Waals surface area contributed by atoms with Crippen LogP contribution in [-0.4, -0.2) is 34.9 Å². The van der Waals surface area contributed by atoms with Gasteiger partial charge in [-0.3, -0.25) is 0 Å². The van der Waals surface area contributed by atoms with Crippen LogP contribution in [0, 0.1) is 0 Å². The van der Waals surface area contributed by atoms with Crippen molar-refractivity contribution in [3.05, 3.63) is 23.8 Å². The lowest BCUT2D eigenvalue weighted by Gasteiger charge is -2.12. The van der Waals surface area contributed by atoms with E-state index in [1.807, 2.05) is 0 Å². The second-order valence-corrected chi connectivity index (χ2v) is 3.85. The Balaban J connectivity index is 2.97. The average Bonchev–Trinajstić information content (AvgIpc) is 2.25. The van der Waals surface area contributed by atoms with Gasteiger partial charge in [-0.2, -0.15) is 0 Å². The highest BCUT2D eigenvalue weighted by Gasteiger charge is 2.10. The van der Waals surface area contributed by atoms with E-state index in [4.69, 9.17) is 19.7 Å². The topological polar surface area (TPSA) is 93.1 Å². The maximum absolute atomic E-state index is 10.9. The van der Waals surface area contributed by atoms with Gasteiger partial charge in [0.25, 0.3) is 0 Å². The summed E-state index contributed by atoms with van der Waals surface area (Å²) >= 11 is 0. The zero-order valence-electron chi connectivity index (χ0n) is 10.0. The molecule has 1 aromatic carbocycles. The minimum Gasteiger partial charge on any atom is -0.491 e. The first-order valence-corrected chi connectivity index (χ1v) is 5.28. The third-order valence-electron chi connectivity index (χ3n) is 1.86. The maximum atomic E-state index is 10.9. The molecular weight excluding hydrogens is 240 g/mol. The molecule has 0 radical (unpaired) electrons.